The van der Waals surface area contributed by atoms with Crippen LogP contribution in [0.5, 0.6) is 0 Å². The first-order valence-electron chi connectivity index (χ1n) is 10.7. The lowest BCUT2D eigenvalue weighted by Crippen LogP contribution is -2.34. The number of benzene rings is 2. The Labute approximate surface area is 189 Å². The summed E-state index contributed by atoms with van der Waals surface area (Å²) in [5.74, 6) is -2.05. The van der Waals surface area contributed by atoms with Gasteiger partial charge in [-0.15, -0.1) is 0 Å². The van der Waals surface area contributed by atoms with Crippen molar-refractivity contribution in [2.45, 2.75) is 44.8 Å². The predicted molar refractivity (Wildman–Crippen MR) is 114 cm³/mol. The highest BCUT2D eigenvalue weighted by atomic mass is 19.4. The maximum absolute atomic E-state index is 12.6. The monoisotopic (exact) mass is 462 g/mol. The highest BCUT2D eigenvalue weighted by Crippen LogP contribution is 2.29. The Kier molecular flexibility index (Phi) is 7.73. The fourth-order valence-electron chi connectivity index (χ4n) is 3.65. The largest absolute Gasteiger partial charge is 0.454 e. The van der Waals surface area contributed by atoms with E-state index >= 15 is 0 Å². The van der Waals surface area contributed by atoms with E-state index in [2.05, 4.69) is 22.8 Å². The van der Waals surface area contributed by atoms with Gasteiger partial charge in [-0.1, -0.05) is 18.2 Å². The van der Waals surface area contributed by atoms with Crippen LogP contribution in [-0.2, 0) is 33.3 Å². The zero-order valence-electron chi connectivity index (χ0n) is 18.1. The molecule has 1 unspecified atom stereocenters. The molecule has 2 aromatic carbocycles. The van der Waals surface area contributed by atoms with Crippen molar-refractivity contribution in [1.82, 2.24) is 10.6 Å². The summed E-state index contributed by atoms with van der Waals surface area (Å²) >= 11 is 0. The highest BCUT2D eigenvalue weighted by molar-refractivity contribution is 5.96. The average molecular weight is 462 g/mol. The molecule has 2 N–H and O–H groups in total. The van der Waals surface area contributed by atoms with Crippen LogP contribution >= 0.6 is 0 Å². The van der Waals surface area contributed by atoms with E-state index in [0.29, 0.717) is 0 Å². The van der Waals surface area contributed by atoms with Crippen LogP contribution in [0.1, 0.15) is 58.4 Å². The molecule has 9 heteroatoms. The number of carbonyl (C=O) groups excluding carboxylic acids is 3. The van der Waals surface area contributed by atoms with Gasteiger partial charge in [-0.25, -0.2) is 0 Å². The van der Waals surface area contributed by atoms with Crippen LogP contribution in [0.15, 0.2) is 42.5 Å². The molecule has 0 aliphatic heterocycles. The molecule has 176 valence electrons. The summed E-state index contributed by atoms with van der Waals surface area (Å²) in [6.07, 6.45) is -0.0600. The molecule has 1 aliphatic rings. The molecule has 0 radical (unpaired) electrons. The smallest absolute Gasteiger partial charge is 0.416 e. The Morgan fingerprint density at radius 1 is 1.00 bits per heavy atom. The van der Waals surface area contributed by atoms with Crippen LogP contribution in [0.25, 0.3) is 0 Å². The summed E-state index contributed by atoms with van der Waals surface area (Å²) < 4.78 is 42.6. The van der Waals surface area contributed by atoms with E-state index in [1.165, 1.54) is 17.5 Å². The van der Waals surface area contributed by atoms with Gasteiger partial charge in [-0.05, 0) is 73.6 Å². The fraction of sp³-hybridized carbons (Fsp3) is 0.375. The van der Waals surface area contributed by atoms with Gasteiger partial charge < -0.3 is 15.4 Å². The number of fused-ring (bicyclic) bond motifs is 1. The number of ether oxygens (including phenoxy) is 1. The highest BCUT2D eigenvalue weighted by Gasteiger charge is 2.30. The number of amides is 2. The quantitative estimate of drug-likeness (QED) is 0.614. The molecular formula is C24H25F3N2O4. The predicted octanol–water partition coefficient (Wildman–Crippen LogP) is 3.73. The van der Waals surface area contributed by atoms with Crippen LogP contribution in [0.4, 0.5) is 13.2 Å². The Morgan fingerprint density at radius 2 is 1.67 bits per heavy atom. The van der Waals surface area contributed by atoms with Gasteiger partial charge in [0.15, 0.2) is 6.61 Å². The molecular weight excluding hydrogens is 437 g/mol. The Balaban J connectivity index is 1.41. The van der Waals surface area contributed by atoms with Crippen molar-refractivity contribution in [1.29, 1.82) is 0 Å². The zero-order valence-corrected chi connectivity index (χ0v) is 18.1. The SMILES string of the molecule is CC(NC(=O)COC(=O)CNC(=O)c1ccc(C(F)(F)F)cc1)c1ccc2c(c1)CCCC2. The molecule has 0 fully saturated rings. The van der Waals surface area contributed by atoms with Crippen LogP contribution < -0.4 is 10.6 Å². The van der Waals surface area contributed by atoms with E-state index in [9.17, 15) is 27.6 Å². The number of esters is 1. The summed E-state index contributed by atoms with van der Waals surface area (Å²) in [5.41, 5.74) is 2.70. The molecule has 3 rings (SSSR count). The molecule has 33 heavy (non-hydrogen) atoms. The van der Waals surface area contributed by atoms with E-state index in [-0.39, 0.29) is 11.6 Å². The minimum Gasteiger partial charge on any atom is -0.454 e. The summed E-state index contributed by atoms with van der Waals surface area (Å²) in [5, 5.41) is 5.02. The Hall–Kier alpha value is -3.36. The number of hydrogen-bond donors (Lipinski definition) is 2. The summed E-state index contributed by atoms with van der Waals surface area (Å²) in [4.78, 5) is 35.9. The topological polar surface area (TPSA) is 84.5 Å². The molecule has 1 aliphatic carbocycles. The van der Waals surface area contributed by atoms with Crippen molar-refractivity contribution >= 4 is 17.8 Å². The van der Waals surface area contributed by atoms with Crippen LogP contribution in [0, 0.1) is 0 Å². The second kappa shape index (κ2) is 10.5. The lowest BCUT2D eigenvalue weighted by atomic mass is 9.89. The minimum absolute atomic E-state index is 0.0348. The molecule has 6 nitrogen and oxygen atoms in total. The van der Waals surface area contributed by atoms with Gasteiger partial charge in [0.05, 0.1) is 11.6 Å². The van der Waals surface area contributed by atoms with Crippen LogP contribution in [0.3, 0.4) is 0 Å². The minimum atomic E-state index is -4.50. The Morgan fingerprint density at radius 3 is 2.33 bits per heavy atom. The number of nitrogens with one attached hydrogen (secondary N) is 2. The van der Waals surface area contributed by atoms with E-state index < -0.39 is 42.7 Å². The van der Waals surface area contributed by atoms with Crippen molar-refractivity contribution < 1.29 is 32.3 Å². The molecule has 0 heterocycles. The second-order valence-electron chi connectivity index (χ2n) is 7.94. The summed E-state index contributed by atoms with van der Waals surface area (Å²) in [6.45, 7) is 0.812. The van der Waals surface area contributed by atoms with Crippen molar-refractivity contribution in [3.63, 3.8) is 0 Å². The molecule has 1 atom stereocenters. The first kappa shape index (κ1) is 24.3. The number of halogens is 3. The summed E-state index contributed by atoms with van der Waals surface area (Å²) in [7, 11) is 0. The molecule has 0 bridgehead atoms. The number of aryl methyl sites for hydroxylation is 2. The van der Waals surface area contributed by atoms with Gasteiger partial charge in [-0.3, -0.25) is 14.4 Å². The van der Waals surface area contributed by atoms with Crippen molar-refractivity contribution in [2.75, 3.05) is 13.2 Å². The van der Waals surface area contributed by atoms with Gasteiger partial charge >= 0.3 is 12.1 Å². The third kappa shape index (κ3) is 6.81. The van der Waals surface area contributed by atoms with Crippen molar-refractivity contribution in [3.05, 3.63) is 70.3 Å². The van der Waals surface area contributed by atoms with Gasteiger partial charge in [0.1, 0.15) is 6.54 Å². The fourth-order valence-corrected chi connectivity index (χ4v) is 3.65. The number of rotatable bonds is 7. The van der Waals surface area contributed by atoms with Gasteiger partial charge in [-0.2, -0.15) is 13.2 Å². The van der Waals surface area contributed by atoms with Gasteiger partial charge in [0, 0.05) is 5.56 Å². The third-order valence-corrected chi connectivity index (χ3v) is 5.48. The van der Waals surface area contributed by atoms with E-state index in [1.54, 1.807) is 0 Å². The average Bonchev–Trinajstić information content (AvgIpc) is 2.80. The first-order chi connectivity index (χ1) is 15.6. The maximum atomic E-state index is 12.6. The van der Waals surface area contributed by atoms with Gasteiger partial charge in [0.2, 0.25) is 0 Å². The van der Waals surface area contributed by atoms with E-state index in [1.807, 2.05) is 13.0 Å². The zero-order chi connectivity index (χ0) is 24.0. The second-order valence-corrected chi connectivity index (χ2v) is 7.94. The number of alkyl halides is 3. The molecule has 0 spiro atoms. The van der Waals surface area contributed by atoms with Gasteiger partial charge in [0.25, 0.3) is 11.8 Å². The lowest BCUT2D eigenvalue weighted by molar-refractivity contribution is -0.147. The first-order valence-corrected chi connectivity index (χ1v) is 10.7. The van der Waals surface area contributed by atoms with Crippen molar-refractivity contribution in [3.8, 4) is 0 Å². The maximum Gasteiger partial charge on any atom is 0.416 e. The molecule has 2 amide bonds. The normalized spacial score (nSPS) is 14.1. The van der Waals surface area contributed by atoms with Crippen LogP contribution in [0.2, 0.25) is 0 Å². The molecule has 2 aromatic rings. The summed E-state index contributed by atoms with van der Waals surface area (Å²) in [6, 6.07) is 9.50. The van der Waals surface area contributed by atoms with E-state index in [4.69, 9.17) is 4.74 Å². The van der Waals surface area contributed by atoms with E-state index in [0.717, 1.165) is 49.1 Å². The van der Waals surface area contributed by atoms with Crippen molar-refractivity contribution in [2.24, 2.45) is 0 Å². The number of hydrogen-bond acceptors (Lipinski definition) is 4. The Bertz CT molecular complexity index is 1020. The molecule has 0 saturated heterocycles. The number of carbonyl (C=O) groups is 3. The standard InChI is InChI=1S/C24H25F3N2O4/c1-15(18-7-6-16-4-2-3-5-19(16)12-18)29-21(30)14-33-22(31)13-28-23(32)17-8-10-20(11-9-17)24(25,26)27/h6-12,15H,2-5,13-14H2,1H3,(H,28,32)(H,29,30). The lowest BCUT2D eigenvalue weighted by Gasteiger charge is -2.20. The van der Waals surface area contributed by atoms with Crippen LogP contribution in [-0.4, -0.2) is 30.9 Å². The molecule has 0 aromatic heterocycles. The third-order valence-electron chi connectivity index (χ3n) is 5.48. The molecule has 0 saturated carbocycles.